The van der Waals surface area contributed by atoms with Gasteiger partial charge in [0.15, 0.2) is 5.75 Å². The topological polar surface area (TPSA) is 48.7 Å². The summed E-state index contributed by atoms with van der Waals surface area (Å²) in [6.07, 6.45) is 1.35. The molecule has 0 N–H and O–H groups in total. The molecule has 2 aromatic rings. The predicted octanol–water partition coefficient (Wildman–Crippen LogP) is 3.95. The van der Waals surface area contributed by atoms with E-state index in [0.717, 1.165) is 5.56 Å². The average Bonchev–Trinajstić information content (AvgIpc) is 2.85. The van der Waals surface area contributed by atoms with Gasteiger partial charge in [-0.2, -0.15) is 0 Å². The van der Waals surface area contributed by atoms with Crippen LogP contribution in [0.15, 0.2) is 34.9 Å². The Kier molecular flexibility index (Phi) is 4.35. The van der Waals surface area contributed by atoms with E-state index in [1.807, 2.05) is 0 Å². The number of hydrogen-bond acceptors (Lipinski definition) is 4. The monoisotopic (exact) mass is 300 g/mol. The van der Waals surface area contributed by atoms with Gasteiger partial charge < -0.3 is 13.9 Å². The number of carbonyl (C=O) groups excluding carboxylic acids is 1. The molecule has 4 nitrogen and oxygen atoms in total. The van der Waals surface area contributed by atoms with E-state index in [9.17, 15) is 4.79 Å². The molecule has 0 atom stereocenters. The van der Waals surface area contributed by atoms with Gasteiger partial charge in [-0.15, -0.1) is 0 Å². The number of methoxy groups -OCH3 is 1. The zero-order chi connectivity index (χ0) is 13.8. The quantitative estimate of drug-likeness (QED) is 0.802. The highest BCUT2D eigenvalue weighted by Gasteiger charge is 2.17. The third kappa shape index (κ3) is 3.22. The molecule has 0 saturated carbocycles. The molecule has 2 rings (SSSR count). The van der Waals surface area contributed by atoms with Gasteiger partial charge >= 0.3 is 5.97 Å². The first-order valence-corrected chi connectivity index (χ1v) is 6.10. The number of benzene rings is 1. The second-order valence-corrected chi connectivity index (χ2v) is 4.47. The Hall–Kier alpha value is -1.65. The first-order chi connectivity index (χ1) is 9.11. The molecule has 0 aliphatic rings. The van der Waals surface area contributed by atoms with Crippen LogP contribution < -0.4 is 4.74 Å². The van der Waals surface area contributed by atoms with Gasteiger partial charge in [0, 0.05) is 21.7 Å². The maximum absolute atomic E-state index is 11.4. The van der Waals surface area contributed by atoms with Crippen LogP contribution in [0.1, 0.15) is 16.1 Å². The lowest BCUT2D eigenvalue weighted by atomic mass is 10.2. The van der Waals surface area contributed by atoms with Crippen molar-refractivity contribution >= 4 is 29.2 Å². The number of carbonyl (C=O) groups is 1. The standard InChI is InChI=1S/C13H10Cl2O4/c1-17-13(16)12-11(4-5-18-12)19-7-8-2-3-9(14)6-10(8)15/h2-6H,7H2,1H3. The summed E-state index contributed by atoms with van der Waals surface area (Å²) in [4.78, 5) is 11.4. The van der Waals surface area contributed by atoms with E-state index >= 15 is 0 Å². The van der Waals surface area contributed by atoms with Crippen molar-refractivity contribution in [1.82, 2.24) is 0 Å². The maximum Gasteiger partial charge on any atom is 0.377 e. The summed E-state index contributed by atoms with van der Waals surface area (Å²) in [7, 11) is 1.27. The smallest absolute Gasteiger partial charge is 0.377 e. The first-order valence-electron chi connectivity index (χ1n) is 5.34. The van der Waals surface area contributed by atoms with E-state index in [2.05, 4.69) is 4.74 Å². The number of hydrogen-bond donors (Lipinski definition) is 0. The van der Waals surface area contributed by atoms with Crippen molar-refractivity contribution in [2.45, 2.75) is 6.61 Å². The largest absolute Gasteiger partial charge is 0.485 e. The Morgan fingerprint density at radius 3 is 2.79 bits per heavy atom. The van der Waals surface area contributed by atoms with Crippen molar-refractivity contribution < 1.29 is 18.7 Å². The third-order valence-corrected chi connectivity index (χ3v) is 2.99. The van der Waals surface area contributed by atoms with Gasteiger partial charge in [0.2, 0.25) is 0 Å². The van der Waals surface area contributed by atoms with Crippen LogP contribution in [0.5, 0.6) is 5.75 Å². The van der Waals surface area contributed by atoms with Gasteiger partial charge in [-0.1, -0.05) is 29.3 Å². The van der Waals surface area contributed by atoms with Crippen molar-refractivity contribution in [3.8, 4) is 5.75 Å². The van der Waals surface area contributed by atoms with Crippen molar-refractivity contribution in [1.29, 1.82) is 0 Å². The Bertz CT molecular complexity index is 592. The molecule has 0 spiro atoms. The van der Waals surface area contributed by atoms with Crippen molar-refractivity contribution in [2.75, 3.05) is 7.11 Å². The summed E-state index contributed by atoms with van der Waals surface area (Å²) >= 11 is 11.8. The van der Waals surface area contributed by atoms with E-state index < -0.39 is 5.97 Å². The second-order valence-electron chi connectivity index (χ2n) is 3.63. The first kappa shape index (κ1) is 13.8. The molecule has 1 aromatic heterocycles. The molecule has 0 aliphatic carbocycles. The van der Waals surface area contributed by atoms with Crippen LogP contribution in [0.3, 0.4) is 0 Å². The maximum atomic E-state index is 11.4. The normalized spacial score (nSPS) is 10.3. The van der Waals surface area contributed by atoms with E-state index in [0.29, 0.717) is 15.8 Å². The fraction of sp³-hybridized carbons (Fsp3) is 0.154. The van der Waals surface area contributed by atoms with E-state index in [-0.39, 0.29) is 12.4 Å². The minimum atomic E-state index is -0.595. The van der Waals surface area contributed by atoms with Gasteiger partial charge in [0.1, 0.15) is 6.61 Å². The van der Waals surface area contributed by atoms with E-state index in [4.69, 9.17) is 32.4 Å². The highest BCUT2D eigenvalue weighted by Crippen LogP contribution is 2.25. The summed E-state index contributed by atoms with van der Waals surface area (Å²) in [5, 5.41) is 1.04. The van der Waals surface area contributed by atoms with Gasteiger partial charge in [-0.25, -0.2) is 4.79 Å². The molecule has 0 saturated heterocycles. The Balaban J connectivity index is 2.10. The second kappa shape index (κ2) is 5.99. The third-order valence-electron chi connectivity index (χ3n) is 2.40. The SMILES string of the molecule is COC(=O)c1occc1OCc1ccc(Cl)cc1Cl. The highest BCUT2D eigenvalue weighted by atomic mass is 35.5. The molecule has 0 radical (unpaired) electrons. The molecule has 19 heavy (non-hydrogen) atoms. The lowest BCUT2D eigenvalue weighted by Crippen LogP contribution is -2.03. The minimum Gasteiger partial charge on any atom is -0.485 e. The van der Waals surface area contributed by atoms with Crippen LogP contribution in [0.25, 0.3) is 0 Å². The molecule has 0 fully saturated rings. The minimum absolute atomic E-state index is 0.0209. The van der Waals surface area contributed by atoms with Gasteiger partial charge in [0.25, 0.3) is 5.76 Å². The zero-order valence-corrected chi connectivity index (χ0v) is 11.5. The lowest BCUT2D eigenvalue weighted by molar-refractivity contribution is 0.0558. The average molecular weight is 301 g/mol. The number of ether oxygens (including phenoxy) is 2. The molecule has 6 heteroatoms. The summed E-state index contributed by atoms with van der Waals surface area (Å²) in [5.41, 5.74) is 0.753. The van der Waals surface area contributed by atoms with Crippen molar-refractivity contribution in [3.63, 3.8) is 0 Å². The number of rotatable bonds is 4. The summed E-state index contributed by atoms with van der Waals surface area (Å²) in [6.45, 7) is 0.194. The number of halogens is 2. The summed E-state index contributed by atoms with van der Waals surface area (Å²) in [5.74, 6) is -0.271. The van der Waals surface area contributed by atoms with E-state index in [1.54, 1.807) is 18.2 Å². The number of esters is 1. The molecule has 0 unspecified atom stereocenters. The molecule has 100 valence electrons. The molecule has 0 aliphatic heterocycles. The molecular weight excluding hydrogens is 291 g/mol. The van der Waals surface area contributed by atoms with Gasteiger partial charge in [-0.3, -0.25) is 0 Å². The lowest BCUT2D eigenvalue weighted by Gasteiger charge is -2.07. The molecule has 0 bridgehead atoms. The molecular formula is C13H10Cl2O4. The number of furan rings is 1. The molecule has 1 heterocycles. The van der Waals surface area contributed by atoms with Crippen LogP contribution >= 0.6 is 23.2 Å². The Labute approximate surface area is 119 Å². The summed E-state index contributed by atoms with van der Waals surface area (Å²) in [6, 6.07) is 6.62. The summed E-state index contributed by atoms with van der Waals surface area (Å²) < 4.78 is 15.1. The predicted molar refractivity (Wildman–Crippen MR) is 70.8 cm³/mol. The van der Waals surface area contributed by atoms with Crippen LogP contribution in [0.2, 0.25) is 10.0 Å². The fourth-order valence-electron chi connectivity index (χ4n) is 1.45. The Morgan fingerprint density at radius 1 is 1.32 bits per heavy atom. The zero-order valence-electron chi connectivity index (χ0n) is 9.98. The van der Waals surface area contributed by atoms with E-state index in [1.165, 1.54) is 19.4 Å². The van der Waals surface area contributed by atoms with Crippen molar-refractivity contribution in [2.24, 2.45) is 0 Å². The Morgan fingerprint density at radius 2 is 2.11 bits per heavy atom. The van der Waals surface area contributed by atoms with Gasteiger partial charge in [-0.05, 0) is 12.1 Å². The van der Waals surface area contributed by atoms with Crippen LogP contribution in [-0.2, 0) is 11.3 Å². The fourth-order valence-corrected chi connectivity index (χ4v) is 1.91. The highest BCUT2D eigenvalue weighted by molar-refractivity contribution is 6.35. The molecule has 1 aromatic carbocycles. The van der Waals surface area contributed by atoms with Gasteiger partial charge in [0.05, 0.1) is 13.4 Å². The molecule has 0 amide bonds. The van der Waals surface area contributed by atoms with Crippen LogP contribution in [0, 0.1) is 0 Å². The van der Waals surface area contributed by atoms with Crippen molar-refractivity contribution in [3.05, 3.63) is 51.9 Å². The van der Waals surface area contributed by atoms with Crippen LogP contribution in [0.4, 0.5) is 0 Å². The van der Waals surface area contributed by atoms with Crippen LogP contribution in [-0.4, -0.2) is 13.1 Å².